The Balaban J connectivity index is 1.48. The Bertz CT molecular complexity index is 2230. The lowest BCUT2D eigenvalue weighted by Crippen LogP contribution is -2.12. The van der Waals surface area contributed by atoms with Crippen LogP contribution in [-0.2, 0) is 16.2 Å². The van der Waals surface area contributed by atoms with Gasteiger partial charge in [-0.15, -0.1) is 0 Å². The van der Waals surface area contributed by atoms with E-state index in [-0.39, 0.29) is 16.2 Å². The van der Waals surface area contributed by atoms with Gasteiger partial charge in [-0.1, -0.05) is 86.6 Å². The maximum absolute atomic E-state index is 5.46. The molecule has 7 aromatic rings. The molecule has 0 amide bonds. The molecule has 7 rings (SSSR count). The molecule has 0 spiro atoms. The summed E-state index contributed by atoms with van der Waals surface area (Å²) in [4.78, 5) is 14.0. The molecule has 0 saturated carbocycles. The van der Waals surface area contributed by atoms with Crippen LogP contribution in [0.1, 0.15) is 79.0 Å². The number of hydrogen-bond donors (Lipinski definition) is 1. The third-order valence-electron chi connectivity index (χ3n) is 9.25. The highest BCUT2D eigenvalue weighted by Crippen LogP contribution is 2.38. The number of H-pyrrole nitrogens is 1. The van der Waals surface area contributed by atoms with Crippen LogP contribution in [0.2, 0.25) is 0 Å². The number of aromatic nitrogens is 4. The predicted molar refractivity (Wildman–Crippen MR) is 195 cm³/mol. The van der Waals surface area contributed by atoms with E-state index in [9.17, 15) is 0 Å². The first kappa shape index (κ1) is 30.0. The van der Waals surface area contributed by atoms with Crippen molar-refractivity contribution in [1.29, 1.82) is 0 Å². The normalized spacial score (nSPS) is 12.9. The maximum Gasteiger partial charge on any atom is 0.147 e. The van der Waals surface area contributed by atoms with Crippen molar-refractivity contribution < 1.29 is 0 Å². The highest BCUT2D eigenvalue weighted by molar-refractivity contribution is 6.09. The molecule has 0 fully saturated rings. The first-order chi connectivity index (χ1) is 21.7. The second-order valence-corrected chi connectivity index (χ2v) is 15.9. The number of para-hydroxylation sites is 1. The highest BCUT2D eigenvalue weighted by atomic mass is 15.1. The van der Waals surface area contributed by atoms with Gasteiger partial charge in [-0.3, -0.25) is 9.55 Å². The number of hydrogen-bond acceptors (Lipinski definition) is 2. The molecule has 0 saturated heterocycles. The summed E-state index contributed by atoms with van der Waals surface area (Å²) in [6.07, 6.45) is 1.94. The van der Waals surface area contributed by atoms with Gasteiger partial charge in [0.25, 0.3) is 0 Å². The van der Waals surface area contributed by atoms with E-state index >= 15 is 0 Å². The van der Waals surface area contributed by atoms with Crippen LogP contribution in [0.5, 0.6) is 0 Å². The Morgan fingerprint density at radius 3 is 1.93 bits per heavy atom. The number of pyridine rings is 2. The Hall–Kier alpha value is -4.70. The lowest BCUT2D eigenvalue weighted by atomic mass is 9.83. The molecule has 4 aromatic heterocycles. The summed E-state index contributed by atoms with van der Waals surface area (Å²) >= 11 is 0. The van der Waals surface area contributed by atoms with Gasteiger partial charge in [0.05, 0.1) is 16.9 Å². The van der Waals surface area contributed by atoms with Crippen molar-refractivity contribution >= 4 is 32.8 Å². The van der Waals surface area contributed by atoms with Crippen molar-refractivity contribution in [1.82, 2.24) is 19.5 Å². The van der Waals surface area contributed by atoms with Crippen LogP contribution in [-0.4, -0.2) is 19.5 Å². The highest BCUT2D eigenvalue weighted by Gasteiger charge is 2.22. The van der Waals surface area contributed by atoms with Crippen LogP contribution < -0.4 is 0 Å². The van der Waals surface area contributed by atoms with Crippen LogP contribution in [0.3, 0.4) is 0 Å². The first-order valence-electron chi connectivity index (χ1n) is 16.3. The number of nitrogens with zero attached hydrogens (tertiary/aromatic N) is 3. The van der Waals surface area contributed by atoms with Gasteiger partial charge in [0.2, 0.25) is 0 Å². The molecule has 3 aromatic carbocycles. The van der Waals surface area contributed by atoms with Crippen molar-refractivity contribution in [3.8, 4) is 28.3 Å². The van der Waals surface area contributed by atoms with E-state index in [0.717, 1.165) is 50.4 Å². The second-order valence-electron chi connectivity index (χ2n) is 15.9. The standard InChI is InChI=1S/C42H44N4/c1-40(2,3)29-14-17-37-33(24-29)32-15-16-35(45-39(32)46(37)38-23-26-12-10-11-13-34(26)44-38)27-20-28(22-31(21-27)42(7,8)9)36-25-30(18-19-43-36)41(4,5)6/h10-25,44H,1-9H3. The fourth-order valence-corrected chi connectivity index (χ4v) is 6.35. The van der Waals surface area contributed by atoms with Crippen molar-refractivity contribution in [3.05, 3.63) is 114 Å². The lowest BCUT2D eigenvalue weighted by molar-refractivity contribution is 0.588. The van der Waals surface area contributed by atoms with Gasteiger partial charge in [0.15, 0.2) is 0 Å². The predicted octanol–water partition coefficient (Wildman–Crippen LogP) is 11.3. The summed E-state index contributed by atoms with van der Waals surface area (Å²) in [5.74, 6) is 1.02. The third kappa shape index (κ3) is 5.30. The summed E-state index contributed by atoms with van der Waals surface area (Å²) < 4.78 is 2.30. The second kappa shape index (κ2) is 10.4. The number of benzene rings is 3. The zero-order valence-electron chi connectivity index (χ0n) is 28.6. The van der Waals surface area contributed by atoms with Crippen LogP contribution >= 0.6 is 0 Å². The van der Waals surface area contributed by atoms with E-state index in [2.05, 4.69) is 163 Å². The Morgan fingerprint density at radius 2 is 1.24 bits per heavy atom. The van der Waals surface area contributed by atoms with Gasteiger partial charge in [-0.05, 0) is 99.7 Å². The number of fused-ring (bicyclic) bond motifs is 4. The fraction of sp³-hybridized carbons (Fsp3) is 0.286. The quantitative estimate of drug-likeness (QED) is 0.218. The van der Waals surface area contributed by atoms with Crippen molar-refractivity contribution in [2.45, 2.75) is 78.6 Å². The Morgan fingerprint density at radius 1 is 0.565 bits per heavy atom. The molecule has 4 heteroatoms. The van der Waals surface area contributed by atoms with Crippen LogP contribution in [0.15, 0.2) is 97.2 Å². The molecule has 0 atom stereocenters. The van der Waals surface area contributed by atoms with Gasteiger partial charge in [-0.25, -0.2) is 4.98 Å². The topological polar surface area (TPSA) is 46.5 Å². The van der Waals surface area contributed by atoms with Crippen LogP contribution in [0.4, 0.5) is 0 Å². The van der Waals surface area contributed by atoms with Crippen LogP contribution in [0, 0.1) is 0 Å². The monoisotopic (exact) mass is 604 g/mol. The van der Waals surface area contributed by atoms with Gasteiger partial charge >= 0.3 is 0 Å². The molecule has 0 radical (unpaired) electrons. The van der Waals surface area contributed by atoms with Crippen LogP contribution in [0.25, 0.3) is 61.2 Å². The molecule has 0 bridgehead atoms. The largest absolute Gasteiger partial charge is 0.341 e. The molecule has 232 valence electrons. The smallest absolute Gasteiger partial charge is 0.147 e. The van der Waals surface area contributed by atoms with Gasteiger partial charge in [0.1, 0.15) is 11.5 Å². The Labute approximate surface area is 272 Å². The molecule has 4 nitrogen and oxygen atoms in total. The SMILES string of the molecule is CC(C)(C)c1cc(-c2cc(C(C)(C)C)ccn2)cc(-c2ccc3c4cc(C(C)(C)C)ccc4n(-c4cc5ccccc5[nH]4)c3n2)c1. The van der Waals surface area contributed by atoms with Crippen molar-refractivity contribution in [2.24, 2.45) is 0 Å². The van der Waals surface area contributed by atoms with Crippen molar-refractivity contribution in [3.63, 3.8) is 0 Å². The van der Waals surface area contributed by atoms with Gasteiger partial charge in [-0.2, -0.15) is 0 Å². The van der Waals surface area contributed by atoms with E-state index in [1.807, 2.05) is 6.20 Å². The molecule has 0 aliphatic rings. The van der Waals surface area contributed by atoms with E-state index in [1.54, 1.807) is 0 Å². The van der Waals surface area contributed by atoms with E-state index in [0.29, 0.717) is 0 Å². The average Bonchev–Trinajstić information content (AvgIpc) is 3.57. The van der Waals surface area contributed by atoms with E-state index < -0.39 is 0 Å². The zero-order chi connectivity index (χ0) is 32.6. The molecular formula is C42H44N4. The third-order valence-corrected chi connectivity index (χ3v) is 9.25. The molecule has 0 aliphatic heterocycles. The summed E-state index contributed by atoms with van der Waals surface area (Å²) in [6, 6.07) is 33.2. The number of nitrogens with one attached hydrogen (secondary N) is 1. The minimum absolute atomic E-state index is 0.0393. The average molecular weight is 605 g/mol. The molecule has 0 aliphatic carbocycles. The summed E-state index contributed by atoms with van der Waals surface area (Å²) in [5, 5.41) is 3.55. The maximum atomic E-state index is 5.46. The van der Waals surface area contributed by atoms with Crippen molar-refractivity contribution in [2.75, 3.05) is 0 Å². The Kier molecular flexibility index (Phi) is 6.79. The minimum Gasteiger partial charge on any atom is -0.341 e. The zero-order valence-corrected chi connectivity index (χ0v) is 28.6. The van der Waals surface area contributed by atoms with Gasteiger partial charge in [0, 0.05) is 39.0 Å². The molecule has 4 heterocycles. The number of aromatic amines is 1. The molecule has 1 N–H and O–H groups in total. The number of rotatable bonds is 3. The molecule has 46 heavy (non-hydrogen) atoms. The summed E-state index contributed by atoms with van der Waals surface area (Å²) in [6.45, 7) is 20.4. The van der Waals surface area contributed by atoms with E-state index in [4.69, 9.17) is 9.97 Å². The minimum atomic E-state index is -0.0426. The van der Waals surface area contributed by atoms with E-state index in [1.165, 1.54) is 27.5 Å². The fourth-order valence-electron chi connectivity index (χ4n) is 6.35. The van der Waals surface area contributed by atoms with Gasteiger partial charge < -0.3 is 4.98 Å². The molecule has 0 unspecified atom stereocenters. The summed E-state index contributed by atoms with van der Waals surface area (Å²) in [5.41, 5.74) is 11.2. The lowest BCUT2D eigenvalue weighted by Gasteiger charge is -2.22. The first-order valence-corrected chi connectivity index (χ1v) is 16.3. The molecular weight excluding hydrogens is 560 g/mol. The summed E-state index contributed by atoms with van der Waals surface area (Å²) in [7, 11) is 0.